The van der Waals surface area contributed by atoms with Crippen LogP contribution in [0.2, 0.25) is 0 Å². The Balaban J connectivity index is 1.86. The third-order valence-electron chi connectivity index (χ3n) is 3.23. The van der Waals surface area contributed by atoms with Gasteiger partial charge in [-0.05, 0) is 7.05 Å². The van der Waals surface area contributed by atoms with Crippen molar-refractivity contribution in [1.29, 1.82) is 0 Å². The first-order valence-electron chi connectivity index (χ1n) is 6.03. The number of likely N-dealkylation sites (N-methyl/N-ethyl adjacent to an activating group) is 1. The van der Waals surface area contributed by atoms with Crippen LogP contribution in [0.4, 0.5) is 5.69 Å². The fourth-order valence-corrected chi connectivity index (χ4v) is 2.03. The average molecular weight is 253 g/mol. The smallest absolute Gasteiger partial charge is 0.358 e. The standard InChI is InChI=1S/C11H19N5O2/c1-14-2-4-15(5-3-14)6-7-16-8-9(12)10(13-16)11(17)18/h8H,2-7,12H2,1H3,(H,17,18). The summed E-state index contributed by atoms with van der Waals surface area (Å²) in [5, 5.41) is 12.8. The van der Waals surface area contributed by atoms with Gasteiger partial charge in [-0.25, -0.2) is 4.79 Å². The van der Waals surface area contributed by atoms with Gasteiger partial charge in [-0.1, -0.05) is 0 Å². The van der Waals surface area contributed by atoms with Crippen LogP contribution in [0.25, 0.3) is 0 Å². The molecular formula is C11H19N5O2. The molecule has 0 radical (unpaired) electrons. The molecule has 0 aromatic carbocycles. The second-order valence-electron chi connectivity index (χ2n) is 4.65. The molecule has 0 spiro atoms. The number of rotatable bonds is 4. The summed E-state index contributed by atoms with van der Waals surface area (Å²) in [6.07, 6.45) is 1.58. The molecule has 100 valence electrons. The third kappa shape index (κ3) is 2.99. The number of aromatic nitrogens is 2. The lowest BCUT2D eigenvalue weighted by Gasteiger charge is -2.32. The molecule has 0 unspecified atom stereocenters. The van der Waals surface area contributed by atoms with E-state index < -0.39 is 5.97 Å². The van der Waals surface area contributed by atoms with Gasteiger partial charge in [0.1, 0.15) is 0 Å². The largest absolute Gasteiger partial charge is 0.476 e. The molecule has 7 heteroatoms. The van der Waals surface area contributed by atoms with E-state index in [1.807, 2.05) is 0 Å². The normalized spacial score (nSPS) is 18.1. The first kappa shape index (κ1) is 12.8. The number of carboxylic acid groups (broad SMARTS) is 1. The number of hydrogen-bond acceptors (Lipinski definition) is 5. The van der Waals surface area contributed by atoms with Gasteiger partial charge < -0.3 is 15.7 Å². The second-order valence-corrected chi connectivity index (χ2v) is 4.65. The average Bonchev–Trinajstić information content (AvgIpc) is 2.70. The Kier molecular flexibility index (Phi) is 3.83. The molecule has 0 saturated carbocycles. The van der Waals surface area contributed by atoms with Crippen molar-refractivity contribution < 1.29 is 9.90 Å². The zero-order valence-electron chi connectivity index (χ0n) is 10.5. The molecule has 0 aliphatic carbocycles. The predicted molar refractivity (Wildman–Crippen MR) is 67.5 cm³/mol. The van der Waals surface area contributed by atoms with Crippen LogP contribution in [0.1, 0.15) is 10.5 Å². The topological polar surface area (TPSA) is 87.6 Å². The van der Waals surface area contributed by atoms with Crippen LogP contribution in [-0.4, -0.2) is 70.4 Å². The van der Waals surface area contributed by atoms with Crippen LogP contribution in [0.15, 0.2) is 6.20 Å². The number of aromatic carboxylic acids is 1. The number of piperazine rings is 1. The first-order valence-corrected chi connectivity index (χ1v) is 6.03. The summed E-state index contributed by atoms with van der Waals surface area (Å²) >= 11 is 0. The van der Waals surface area contributed by atoms with Crippen molar-refractivity contribution in [3.8, 4) is 0 Å². The molecule has 1 saturated heterocycles. The van der Waals surface area contributed by atoms with Gasteiger partial charge in [0, 0.05) is 38.9 Å². The van der Waals surface area contributed by atoms with E-state index in [1.165, 1.54) is 0 Å². The van der Waals surface area contributed by atoms with Crippen molar-refractivity contribution in [2.24, 2.45) is 0 Å². The molecule has 18 heavy (non-hydrogen) atoms. The number of anilines is 1. The van der Waals surface area contributed by atoms with Crippen LogP contribution in [0.5, 0.6) is 0 Å². The fourth-order valence-electron chi connectivity index (χ4n) is 2.03. The molecule has 1 aromatic rings. The summed E-state index contributed by atoms with van der Waals surface area (Å²) in [6.45, 7) is 5.76. The minimum atomic E-state index is -1.08. The maximum atomic E-state index is 10.8. The van der Waals surface area contributed by atoms with E-state index in [4.69, 9.17) is 10.8 Å². The Morgan fingerprint density at radius 3 is 2.61 bits per heavy atom. The summed E-state index contributed by atoms with van der Waals surface area (Å²) < 4.78 is 1.61. The minimum absolute atomic E-state index is 0.0617. The fraction of sp³-hybridized carbons (Fsp3) is 0.636. The van der Waals surface area contributed by atoms with Gasteiger partial charge in [-0.3, -0.25) is 9.58 Å². The van der Waals surface area contributed by atoms with E-state index in [0.29, 0.717) is 6.54 Å². The van der Waals surface area contributed by atoms with Crippen LogP contribution in [-0.2, 0) is 6.54 Å². The molecule has 1 aliphatic rings. The molecule has 1 aromatic heterocycles. The van der Waals surface area contributed by atoms with Gasteiger partial charge in [0.2, 0.25) is 0 Å². The highest BCUT2D eigenvalue weighted by molar-refractivity contribution is 5.91. The van der Waals surface area contributed by atoms with Gasteiger partial charge in [0.25, 0.3) is 0 Å². The van der Waals surface area contributed by atoms with E-state index in [0.717, 1.165) is 32.7 Å². The van der Waals surface area contributed by atoms with Gasteiger partial charge in [0.05, 0.1) is 12.2 Å². The van der Waals surface area contributed by atoms with Crippen LogP contribution in [0, 0.1) is 0 Å². The summed E-state index contributed by atoms with van der Waals surface area (Å²) in [4.78, 5) is 15.4. The lowest BCUT2D eigenvalue weighted by atomic mass is 10.3. The quantitative estimate of drug-likeness (QED) is 0.746. The third-order valence-corrected chi connectivity index (χ3v) is 3.23. The minimum Gasteiger partial charge on any atom is -0.476 e. The molecule has 0 amide bonds. The lowest BCUT2D eigenvalue weighted by molar-refractivity contribution is 0.0690. The number of carbonyl (C=O) groups is 1. The van der Waals surface area contributed by atoms with Crippen molar-refractivity contribution in [2.75, 3.05) is 45.5 Å². The van der Waals surface area contributed by atoms with Gasteiger partial charge in [-0.2, -0.15) is 5.10 Å². The van der Waals surface area contributed by atoms with Gasteiger partial charge in [0.15, 0.2) is 5.69 Å². The van der Waals surface area contributed by atoms with Crippen molar-refractivity contribution in [3.05, 3.63) is 11.9 Å². The zero-order chi connectivity index (χ0) is 13.1. The Hall–Kier alpha value is -1.60. The molecule has 1 fully saturated rings. The van der Waals surface area contributed by atoms with Crippen molar-refractivity contribution in [2.45, 2.75) is 6.54 Å². The van der Waals surface area contributed by atoms with Crippen molar-refractivity contribution in [3.63, 3.8) is 0 Å². The van der Waals surface area contributed by atoms with Crippen molar-refractivity contribution in [1.82, 2.24) is 19.6 Å². The summed E-state index contributed by atoms with van der Waals surface area (Å²) in [6, 6.07) is 0. The van der Waals surface area contributed by atoms with E-state index >= 15 is 0 Å². The summed E-state index contributed by atoms with van der Waals surface area (Å²) in [5.41, 5.74) is 5.75. The Morgan fingerprint density at radius 1 is 1.39 bits per heavy atom. The van der Waals surface area contributed by atoms with E-state index in [1.54, 1.807) is 10.9 Å². The molecule has 2 rings (SSSR count). The SMILES string of the molecule is CN1CCN(CCn2cc(N)c(C(=O)O)n2)CC1. The number of hydrogen-bond donors (Lipinski definition) is 2. The number of carboxylic acids is 1. The molecule has 3 N–H and O–H groups in total. The molecule has 0 bridgehead atoms. The van der Waals surface area contributed by atoms with Crippen molar-refractivity contribution >= 4 is 11.7 Å². The Bertz CT molecular complexity index is 423. The first-order chi connectivity index (χ1) is 8.56. The maximum absolute atomic E-state index is 10.8. The van der Waals surface area contributed by atoms with E-state index in [2.05, 4.69) is 21.9 Å². The molecule has 7 nitrogen and oxygen atoms in total. The lowest BCUT2D eigenvalue weighted by Crippen LogP contribution is -2.45. The van der Waals surface area contributed by atoms with Crippen LogP contribution >= 0.6 is 0 Å². The van der Waals surface area contributed by atoms with Crippen LogP contribution in [0.3, 0.4) is 0 Å². The zero-order valence-corrected chi connectivity index (χ0v) is 10.5. The monoisotopic (exact) mass is 253 g/mol. The molecule has 1 aliphatic heterocycles. The Morgan fingerprint density at radius 2 is 2.06 bits per heavy atom. The number of nitrogens with zero attached hydrogens (tertiary/aromatic N) is 4. The number of nitrogen functional groups attached to an aromatic ring is 1. The Labute approximate surface area is 106 Å². The summed E-state index contributed by atoms with van der Waals surface area (Å²) in [7, 11) is 2.12. The molecule has 2 heterocycles. The van der Waals surface area contributed by atoms with Gasteiger partial charge >= 0.3 is 5.97 Å². The highest BCUT2D eigenvalue weighted by atomic mass is 16.4. The van der Waals surface area contributed by atoms with Gasteiger partial charge in [-0.15, -0.1) is 0 Å². The second kappa shape index (κ2) is 5.36. The van der Waals surface area contributed by atoms with Crippen LogP contribution < -0.4 is 5.73 Å². The van der Waals surface area contributed by atoms with E-state index in [-0.39, 0.29) is 11.4 Å². The molecular weight excluding hydrogens is 234 g/mol. The molecule has 0 atom stereocenters. The summed E-state index contributed by atoms with van der Waals surface area (Å²) in [5.74, 6) is -1.08. The van der Waals surface area contributed by atoms with E-state index in [9.17, 15) is 4.79 Å². The highest BCUT2D eigenvalue weighted by Crippen LogP contribution is 2.09. The highest BCUT2D eigenvalue weighted by Gasteiger charge is 2.15. The number of nitrogens with two attached hydrogens (primary N) is 1. The predicted octanol–water partition coefficient (Wildman–Crippen LogP) is -0.589. The maximum Gasteiger partial charge on any atom is 0.358 e.